The Morgan fingerprint density at radius 3 is 2.91 bits per heavy atom. The lowest BCUT2D eigenvalue weighted by Gasteiger charge is -2.12. The van der Waals surface area contributed by atoms with Crippen LogP contribution in [0.1, 0.15) is 12.8 Å². The van der Waals surface area contributed by atoms with Crippen molar-refractivity contribution in [3.63, 3.8) is 0 Å². The number of benzene rings is 2. The van der Waals surface area contributed by atoms with E-state index < -0.39 is 0 Å². The number of rotatable bonds is 3. The smallest absolute Gasteiger partial charge is 0.204 e. The third-order valence-corrected chi connectivity index (χ3v) is 4.09. The van der Waals surface area contributed by atoms with E-state index in [4.69, 9.17) is 13.9 Å². The van der Waals surface area contributed by atoms with Gasteiger partial charge in [-0.1, -0.05) is 12.1 Å². The van der Waals surface area contributed by atoms with Crippen LogP contribution in [0.25, 0.3) is 21.9 Å². The number of ether oxygens (including phenoxy) is 2. The first-order valence-electron chi connectivity index (χ1n) is 7.65. The summed E-state index contributed by atoms with van der Waals surface area (Å²) in [6.07, 6.45) is 2.09. The van der Waals surface area contributed by atoms with Gasteiger partial charge < -0.3 is 19.0 Å². The van der Waals surface area contributed by atoms with Crippen LogP contribution in [0.15, 0.2) is 45.6 Å². The fraction of sp³-hybridized carbons (Fsp3) is 0.278. The molecule has 5 heteroatoms. The predicted octanol–water partition coefficient (Wildman–Crippen LogP) is 3.21. The molecule has 2 aromatic carbocycles. The van der Waals surface area contributed by atoms with E-state index in [2.05, 4.69) is 0 Å². The molecule has 1 unspecified atom stereocenters. The highest BCUT2D eigenvalue weighted by molar-refractivity contribution is 5.93. The maximum absolute atomic E-state index is 12.5. The lowest BCUT2D eigenvalue weighted by Crippen LogP contribution is -2.16. The van der Waals surface area contributed by atoms with Crippen LogP contribution in [0.3, 0.4) is 0 Å². The molecule has 23 heavy (non-hydrogen) atoms. The van der Waals surface area contributed by atoms with Gasteiger partial charge in [0.15, 0.2) is 0 Å². The van der Waals surface area contributed by atoms with Crippen LogP contribution in [0, 0.1) is 0 Å². The van der Waals surface area contributed by atoms with Crippen LogP contribution < -0.4 is 10.2 Å². The molecular formula is C18H16O5. The van der Waals surface area contributed by atoms with Gasteiger partial charge >= 0.3 is 0 Å². The zero-order chi connectivity index (χ0) is 15.8. The van der Waals surface area contributed by atoms with Crippen LogP contribution in [0.2, 0.25) is 0 Å². The molecule has 0 amide bonds. The molecule has 4 rings (SSSR count). The monoisotopic (exact) mass is 312 g/mol. The first kappa shape index (κ1) is 14.1. The van der Waals surface area contributed by atoms with E-state index in [-0.39, 0.29) is 22.7 Å². The lowest BCUT2D eigenvalue weighted by molar-refractivity contribution is 0.0679. The molecule has 1 N–H and O–H groups in total. The average molecular weight is 312 g/mol. The largest absolute Gasteiger partial charge is 0.507 e. The van der Waals surface area contributed by atoms with E-state index in [1.807, 2.05) is 0 Å². The number of phenols is 1. The average Bonchev–Trinajstić information content (AvgIpc) is 3.06. The Hall–Kier alpha value is -2.53. The number of aromatic hydroxyl groups is 1. The molecule has 0 spiro atoms. The summed E-state index contributed by atoms with van der Waals surface area (Å²) in [6.45, 7) is 1.18. The summed E-state index contributed by atoms with van der Waals surface area (Å²) in [7, 11) is 0. The second-order valence-electron chi connectivity index (χ2n) is 5.69. The van der Waals surface area contributed by atoms with Crippen LogP contribution >= 0.6 is 0 Å². The van der Waals surface area contributed by atoms with Crippen molar-refractivity contribution >= 4 is 21.9 Å². The van der Waals surface area contributed by atoms with Gasteiger partial charge in [-0.2, -0.15) is 0 Å². The Balaban J connectivity index is 1.77. The minimum Gasteiger partial charge on any atom is -0.507 e. The van der Waals surface area contributed by atoms with Crippen LogP contribution in [-0.4, -0.2) is 24.4 Å². The normalized spacial score (nSPS) is 17.8. The third-order valence-electron chi connectivity index (χ3n) is 4.09. The van der Waals surface area contributed by atoms with Crippen molar-refractivity contribution in [3.05, 3.63) is 46.6 Å². The zero-order valence-corrected chi connectivity index (χ0v) is 12.5. The van der Waals surface area contributed by atoms with Crippen LogP contribution in [-0.2, 0) is 4.74 Å². The topological polar surface area (TPSA) is 68.9 Å². The summed E-state index contributed by atoms with van der Waals surface area (Å²) >= 11 is 0. The summed E-state index contributed by atoms with van der Waals surface area (Å²) in [5.41, 5.74) is 0.557. The fourth-order valence-corrected chi connectivity index (χ4v) is 2.93. The van der Waals surface area contributed by atoms with Crippen LogP contribution in [0.4, 0.5) is 0 Å². The molecule has 5 nitrogen and oxygen atoms in total. The summed E-state index contributed by atoms with van der Waals surface area (Å²) in [4.78, 5) is 12.5. The van der Waals surface area contributed by atoms with E-state index in [0.717, 1.165) is 19.4 Å². The van der Waals surface area contributed by atoms with Crippen molar-refractivity contribution in [2.24, 2.45) is 0 Å². The van der Waals surface area contributed by atoms with E-state index in [1.165, 1.54) is 6.07 Å². The van der Waals surface area contributed by atoms with Crippen molar-refractivity contribution in [3.8, 4) is 11.5 Å². The molecule has 0 radical (unpaired) electrons. The van der Waals surface area contributed by atoms with Gasteiger partial charge in [-0.15, -0.1) is 0 Å². The molecule has 1 aliphatic rings. The molecular weight excluding hydrogens is 296 g/mol. The van der Waals surface area contributed by atoms with Crippen molar-refractivity contribution < 1.29 is 19.0 Å². The van der Waals surface area contributed by atoms with Crippen molar-refractivity contribution in [1.82, 2.24) is 0 Å². The zero-order valence-electron chi connectivity index (χ0n) is 12.5. The molecule has 3 aromatic rings. The maximum atomic E-state index is 12.5. The lowest BCUT2D eigenvalue weighted by atomic mass is 10.1. The number of fused-ring (bicyclic) bond motifs is 2. The molecule has 118 valence electrons. The maximum Gasteiger partial charge on any atom is 0.204 e. The third kappa shape index (κ3) is 2.53. The number of para-hydroxylation sites is 1. The van der Waals surface area contributed by atoms with Gasteiger partial charge in [0.1, 0.15) is 34.7 Å². The first-order valence-corrected chi connectivity index (χ1v) is 7.65. The van der Waals surface area contributed by atoms with E-state index in [1.54, 1.807) is 30.3 Å². The van der Waals surface area contributed by atoms with E-state index in [9.17, 15) is 9.90 Å². The summed E-state index contributed by atoms with van der Waals surface area (Å²) in [6, 6.07) is 10.1. The van der Waals surface area contributed by atoms with Gasteiger partial charge in [-0.3, -0.25) is 4.79 Å². The molecule has 0 saturated carbocycles. The van der Waals surface area contributed by atoms with Gasteiger partial charge in [0, 0.05) is 18.7 Å². The van der Waals surface area contributed by atoms with E-state index in [0.29, 0.717) is 28.9 Å². The van der Waals surface area contributed by atoms with Crippen LogP contribution in [0.5, 0.6) is 11.5 Å². The number of hydrogen-bond donors (Lipinski definition) is 1. The van der Waals surface area contributed by atoms with Crippen molar-refractivity contribution in [2.45, 2.75) is 18.9 Å². The number of phenolic OH excluding ortho intramolecular Hbond substituents is 1. The molecule has 1 aromatic heterocycles. The summed E-state index contributed by atoms with van der Waals surface area (Å²) in [5.74, 6) is 0.327. The second kappa shape index (κ2) is 5.59. The highest BCUT2D eigenvalue weighted by Gasteiger charge is 2.17. The predicted molar refractivity (Wildman–Crippen MR) is 86.1 cm³/mol. The Morgan fingerprint density at radius 1 is 1.22 bits per heavy atom. The molecule has 2 heterocycles. The van der Waals surface area contributed by atoms with Crippen molar-refractivity contribution in [2.75, 3.05) is 13.2 Å². The first-order chi connectivity index (χ1) is 11.2. The van der Waals surface area contributed by atoms with Gasteiger partial charge in [-0.05, 0) is 25.0 Å². The van der Waals surface area contributed by atoms with Gasteiger partial charge in [0.2, 0.25) is 5.43 Å². The second-order valence-corrected chi connectivity index (χ2v) is 5.69. The summed E-state index contributed by atoms with van der Waals surface area (Å²) in [5, 5.41) is 10.8. The van der Waals surface area contributed by atoms with Crippen molar-refractivity contribution in [1.29, 1.82) is 0 Å². The fourth-order valence-electron chi connectivity index (χ4n) is 2.93. The van der Waals surface area contributed by atoms with E-state index >= 15 is 0 Å². The summed E-state index contributed by atoms with van der Waals surface area (Å²) < 4.78 is 16.9. The molecule has 1 saturated heterocycles. The molecule has 1 atom stereocenters. The van der Waals surface area contributed by atoms with Gasteiger partial charge in [-0.25, -0.2) is 0 Å². The minimum atomic E-state index is -0.245. The molecule has 1 aliphatic heterocycles. The molecule has 1 fully saturated rings. The molecule has 0 aliphatic carbocycles. The Bertz CT molecular complexity index is 922. The number of hydrogen-bond acceptors (Lipinski definition) is 5. The Kier molecular flexibility index (Phi) is 3.42. The Labute approximate surface area is 132 Å². The standard InChI is InChI=1S/C18H16O5/c19-14-8-12(22-10-11-4-3-7-21-11)9-16-17(14)18(20)13-5-1-2-6-15(13)23-16/h1-2,5-6,8-9,11,19H,3-4,7,10H2. The minimum absolute atomic E-state index is 0.0800. The van der Waals surface area contributed by atoms with Gasteiger partial charge in [0.05, 0.1) is 11.5 Å². The van der Waals surface area contributed by atoms with Gasteiger partial charge in [0.25, 0.3) is 0 Å². The Morgan fingerprint density at radius 2 is 2.09 bits per heavy atom. The SMILES string of the molecule is O=c1c2ccccc2oc2cc(OCC3CCCO3)cc(O)c12. The highest BCUT2D eigenvalue weighted by atomic mass is 16.5. The quantitative estimate of drug-likeness (QED) is 0.752. The highest BCUT2D eigenvalue weighted by Crippen LogP contribution is 2.30. The molecule has 0 bridgehead atoms.